The summed E-state index contributed by atoms with van der Waals surface area (Å²) in [5.74, 6) is 2.05. The Kier molecular flexibility index (Phi) is 6.76. The van der Waals surface area contributed by atoms with Crippen molar-refractivity contribution in [3.63, 3.8) is 0 Å². The molecule has 188 valence electrons. The first-order valence-electron chi connectivity index (χ1n) is 11.7. The van der Waals surface area contributed by atoms with Crippen molar-refractivity contribution in [1.82, 2.24) is 14.5 Å². The highest BCUT2D eigenvalue weighted by Gasteiger charge is 2.13. The van der Waals surface area contributed by atoms with Crippen LogP contribution in [-0.4, -0.2) is 27.6 Å². The van der Waals surface area contributed by atoms with E-state index in [1.54, 1.807) is 49.6 Å². The first-order chi connectivity index (χ1) is 18.0. The number of pyridine rings is 1. The van der Waals surface area contributed by atoms with Crippen molar-refractivity contribution in [2.45, 2.75) is 27.1 Å². The van der Waals surface area contributed by atoms with Crippen molar-refractivity contribution in [2.24, 2.45) is 0 Å². The van der Waals surface area contributed by atoms with Gasteiger partial charge in [0, 0.05) is 29.7 Å². The SMILES string of the molecule is COc1ccc(NC(=O)c2cccc(OCc3c(C)noc3C)c2)cc1OCc1cn2ccccc2n1. The third-order valence-corrected chi connectivity index (χ3v) is 5.87. The lowest BCUT2D eigenvalue weighted by atomic mass is 10.2. The number of fused-ring (bicyclic) bond motifs is 1. The Bertz CT molecular complexity index is 1500. The summed E-state index contributed by atoms with van der Waals surface area (Å²) in [6.07, 6.45) is 3.84. The Morgan fingerprint density at radius 1 is 1.00 bits per heavy atom. The third-order valence-electron chi connectivity index (χ3n) is 5.87. The summed E-state index contributed by atoms with van der Waals surface area (Å²) in [4.78, 5) is 17.5. The Morgan fingerprint density at radius 2 is 1.89 bits per heavy atom. The van der Waals surface area contributed by atoms with Crippen molar-refractivity contribution in [3.05, 3.63) is 101 Å². The molecular formula is C28H26N4O5. The van der Waals surface area contributed by atoms with Crippen LogP contribution in [0.15, 0.2) is 77.6 Å². The molecule has 0 saturated heterocycles. The van der Waals surface area contributed by atoms with Crippen LogP contribution in [0.5, 0.6) is 17.2 Å². The molecule has 0 bridgehead atoms. The second-order valence-electron chi connectivity index (χ2n) is 8.43. The molecule has 0 saturated carbocycles. The number of anilines is 1. The van der Waals surface area contributed by atoms with E-state index in [9.17, 15) is 4.79 Å². The van der Waals surface area contributed by atoms with Gasteiger partial charge in [0.25, 0.3) is 5.91 Å². The number of carbonyl (C=O) groups is 1. The van der Waals surface area contributed by atoms with Gasteiger partial charge in [0.05, 0.1) is 24.1 Å². The summed E-state index contributed by atoms with van der Waals surface area (Å²) in [7, 11) is 1.57. The van der Waals surface area contributed by atoms with Gasteiger partial charge in [-0.2, -0.15) is 0 Å². The number of carbonyl (C=O) groups excluding carboxylic acids is 1. The third kappa shape index (κ3) is 5.40. The molecule has 0 aliphatic heterocycles. The number of hydrogen-bond acceptors (Lipinski definition) is 7. The Morgan fingerprint density at radius 3 is 2.68 bits per heavy atom. The van der Waals surface area contributed by atoms with Crippen molar-refractivity contribution in [2.75, 3.05) is 12.4 Å². The minimum Gasteiger partial charge on any atom is -0.493 e. The second-order valence-corrected chi connectivity index (χ2v) is 8.43. The summed E-state index contributed by atoms with van der Waals surface area (Å²) in [6.45, 7) is 4.26. The van der Waals surface area contributed by atoms with Crippen LogP contribution in [0.25, 0.3) is 5.65 Å². The van der Waals surface area contributed by atoms with Crippen LogP contribution in [0.2, 0.25) is 0 Å². The van der Waals surface area contributed by atoms with Gasteiger partial charge in [-0.25, -0.2) is 4.98 Å². The van der Waals surface area contributed by atoms with Gasteiger partial charge in [-0.05, 0) is 56.3 Å². The zero-order valence-electron chi connectivity index (χ0n) is 20.7. The normalized spacial score (nSPS) is 10.9. The summed E-state index contributed by atoms with van der Waals surface area (Å²) in [5, 5.41) is 6.85. The number of imidazole rings is 1. The lowest BCUT2D eigenvalue weighted by Crippen LogP contribution is -2.12. The van der Waals surface area contributed by atoms with E-state index >= 15 is 0 Å². The van der Waals surface area contributed by atoms with Crippen molar-refractivity contribution in [3.8, 4) is 17.2 Å². The molecule has 0 fully saturated rings. The monoisotopic (exact) mass is 498 g/mol. The van der Waals surface area contributed by atoms with E-state index in [0.29, 0.717) is 40.9 Å². The number of methoxy groups -OCH3 is 1. The van der Waals surface area contributed by atoms with Gasteiger partial charge in [0.15, 0.2) is 11.5 Å². The van der Waals surface area contributed by atoms with E-state index in [1.807, 2.05) is 48.8 Å². The molecule has 9 heteroatoms. The Hall–Kier alpha value is -4.79. The molecule has 1 amide bonds. The average molecular weight is 499 g/mol. The molecule has 1 N–H and O–H groups in total. The zero-order chi connectivity index (χ0) is 25.8. The van der Waals surface area contributed by atoms with Gasteiger partial charge in [0.2, 0.25) is 0 Å². The van der Waals surface area contributed by atoms with Crippen molar-refractivity contribution >= 4 is 17.2 Å². The van der Waals surface area contributed by atoms with E-state index in [1.165, 1.54) is 0 Å². The van der Waals surface area contributed by atoms with E-state index in [-0.39, 0.29) is 12.5 Å². The number of aromatic nitrogens is 3. The molecule has 5 aromatic rings. The summed E-state index contributed by atoms with van der Waals surface area (Å²) < 4.78 is 24.4. The first-order valence-corrected chi connectivity index (χ1v) is 11.7. The smallest absolute Gasteiger partial charge is 0.255 e. The minimum absolute atomic E-state index is 0.250. The largest absolute Gasteiger partial charge is 0.493 e. The van der Waals surface area contributed by atoms with E-state index < -0.39 is 0 Å². The molecule has 0 aliphatic carbocycles. The topological polar surface area (TPSA) is 100 Å². The van der Waals surface area contributed by atoms with Gasteiger partial charge in [-0.1, -0.05) is 17.3 Å². The van der Waals surface area contributed by atoms with Crippen LogP contribution in [0, 0.1) is 13.8 Å². The fourth-order valence-corrected chi connectivity index (χ4v) is 3.87. The summed E-state index contributed by atoms with van der Waals surface area (Å²) >= 11 is 0. The number of nitrogens with zero attached hydrogens (tertiary/aromatic N) is 3. The lowest BCUT2D eigenvalue weighted by molar-refractivity contribution is 0.102. The number of aryl methyl sites for hydroxylation is 2. The maximum absolute atomic E-state index is 13.0. The Balaban J connectivity index is 1.26. The molecule has 3 heterocycles. The van der Waals surface area contributed by atoms with Gasteiger partial charge in [-0.15, -0.1) is 0 Å². The standard InChI is InChI=1S/C28H26N4O5/c1-18-24(19(2)37-31-18)17-35-23-8-6-7-20(13-23)28(33)30-21-10-11-25(34-3)26(14-21)36-16-22-15-32-12-5-4-9-27(32)29-22/h4-15H,16-17H2,1-3H3,(H,30,33). The number of hydrogen-bond donors (Lipinski definition) is 1. The predicted molar refractivity (Wildman–Crippen MR) is 137 cm³/mol. The second kappa shape index (κ2) is 10.4. The summed E-state index contributed by atoms with van der Waals surface area (Å²) in [5.41, 5.74) is 4.31. The fraction of sp³-hybridized carbons (Fsp3) is 0.179. The lowest BCUT2D eigenvalue weighted by Gasteiger charge is -2.13. The molecule has 5 rings (SSSR count). The number of amides is 1. The molecule has 0 atom stereocenters. The van der Waals surface area contributed by atoms with Crippen molar-refractivity contribution in [1.29, 1.82) is 0 Å². The zero-order valence-corrected chi connectivity index (χ0v) is 20.7. The van der Waals surface area contributed by atoms with E-state index in [0.717, 1.165) is 22.6 Å². The highest BCUT2D eigenvalue weighted by molar-refractivity contribution is 6.04. The maximum atomic E-state index is 13.0. The van der Waals surface area contributed by atoms with Crippen molar-refractivity contribution < 1.29 is 23.5 Å². The van der Waals surface area contributed by atoms with Crippen LogP contribution in [0.4, 0.5) is 5.69 Å². The molecule has 0 spiro atoms. The van der Waals surface area contributed by atoms with Crippen LogP contribution in [0.1, 0.15) is 33.1 Å². The van der Waals surface area contributed by atoms with E-state index in [2.05, 4.69) is 15.5 Å². The van der Waals surface area contributed by atoms with Crippen LogP contribution >= 0.6 is 0 Å². The number of benzene rings is 2. The average Bonchev–Trinajstić information content (AvgIpc) is 3.48. The highest BCUT2D eigenvalue weighted by Crippen LogP contribution is 2.31. The number of ether oxygens (including phenoxy) is 3. The van der Waals surface area contributed by atoms with Gasteiger partial charge in [0.1, 0.15) is 30.4 Å². The molecule has 0 aliphatic rings. The molecule has 2 aromatic carbocycles. The minimum atomic E-state index is -0.278. The van der Waals surface area contributed by atoms with Gasteiger partial charge >= 0.3 is 0 Å². The van der Waals surface area contributed by atoms with E-state index in [4.69, 9.17) is 18.7 Å². The highest BCUT2D eigenvalue weighted by atomic mass is 16.5. The number of nitrogens with one attached hydrogen (secondary N) is 1. The van der Waals surface area contributed by atoms with Crippen LogP contribution < -0.4 is 19.5 Å². The molecular weight excluding hydrogens is 472 g/mol. The molecule has 0 unspecified atom stereocenters. The maximum Gasteiger partial charge on any atom is 0.255 e. The van der Waals surface area contributed by atoms with Gasteiger partial charge < -0.3 is 28.5 Å². The molecule has 3 aromatic heterocycles. The Labute approximate surface area is 213 Å². The predicted octanol–water partition coefficient (Wildman–Crippen LogP) is 5.36. The van der Waals surface area contributed by atoms with Crippen LogP contribution in [0.3, 0.4) is 0 Å². The number of rotatable bonds is 9. The van der Waals surface area contributed by atoms with Gasteiger partial charge in [-0.3, -0.25) is 4.79 Å². The molecule has 0 radical (unpaired) electrons. The van der Waals surface area contributed by atoms with Crippen LogP contribution in [-0.2, 0) is 13.2 Å². The quantitative estimate of drug-likeness (QED) is 0.292. The first kappa shape index (κ1) is 23.9. The fourth-order valence-electron chi connectivity index (χ4n) is 3.87. The molecule has 37 heavy (non-hydrogen) atoms. The summed E-state index contributed by atoms with van der Waals surface area (Å²) in [6, 6.07) is 18.0. The molecule has 9 nitrogen and oxygen atoms in total.